The number of benzene rings is 2. The van der Waals surface area contributed by atoms with Crippen molar-refractivity contribution in [3.63, 3.8) is 0 Å². The van der Waals surface area contributed by atoms with E-state index in [-0.39, 0.29) is 5.78 Å². The van der Waals surface area contributed by atoms with Crippen molar-refractivity contribution < 1.29 is 14.3 Å². The molecule has 134 valence electrons. The van der Waals surface area contributed by atoms with Gasteiger partial charge in [0.2, 0.25) is 0 Å². The molecule has 0 bridgehead atoms. The van der Waals surface area contributed by atoms with E-state index in [9.17, 15) is 4.79 Å². The highest BCUT2D eigenvalue weighted by atomic mass is 35.5. The molecule has 26 heavy (non-hydrogen) atoms. The summed E-state index contributed by atoms with van der Waals surface area (Å²) < 4.78 is 11.4. The molecule has 3 nitrogen and oxygen atoms in total. The van der Waals surface area contributed by atoms with Crippen molar-refractivity contribution in [3.05, 3.63) is 69.2 Å². The summed E-state index contributed by atoms with van der Waals surface area (Å²) in [7, 11) is 1.59. The van der Waals surface area contributed by atoms with Gasteiger partial charge in [0.1, 0.15) is 17.1 Å². The Balaban J connectivity index is 1.96. The molecule has 0 unspecified atom stereocenters. The van der Waals surface area contributed by atoms with Crippen LogP contribution in [0.4, 0.5) is 0 Å². The molecule has 0 N–H and O–H groups in total. The van der Waals surface area contributed by atoms with Crippen molar-refractivity contribution in [2.24, 2.45) is 0 Å². The molecule has 0 spiro atoms. The molecule has 1 heterocycles. The average Bonchev–Trinajstić information content (AvgIpc) is 2.60. The number of hydrogen-bond donors (Lipinski definition) is 0. The van der Waals surface area contributed by atoms with Crippen LogP contribution in [0.5, 0.6) is 11.5 Å². The van der Waals surface area contributed by atoms with E-state index in [0.29, 0.717) is 27.1 Å². The van der Waals surface area contributed by atoms with E-state index >= 15 is 0 Å². The largest absolute Gasteiger partial charge is 0.496 e. The number of carbonyl (C=O) groups excluding carboxylic acids is 1. The molecule has 2 aromatic carbocycles. The summed E-state index contributed by atoms with van der Waals surface area (Å²) in [6.07, 6.45) is 7.07. The van der Waals surface area contributed by atoms with Crippen molar-refractivity contribution in [3.8, 4) is 11.5 Å². The highest BCUT2D eigenvalue weighted by Crippen LogP contribution is 2.40. The van der Waals surface area contributed by atoms with E-state index in [2.05, 4.69) is 0 Å². The molecule has 0 aliphatic carbocycles. The minimum atomic E-state index is -0.498. The number of allylic oxidation sites excluding steroid dienone is 1. The lowest BCUT2D eigenvalue weighted by atomic mass is 9.97. The van der Waals surface area contributed by atoms with Crippen LogP contribution < -0.4 is 9.47 Å². The first-order valence-electron chi connectivity index (χ1n) is 8.07. The van der Waals surface area contributed by atoms with Crippen LogP contribution in [-0.2, 0) is 0 Å². The maximum atomic E-state index is 12.8. The first-order valence-corrected chi connectivity index (χ1v) is 8.83. The Kier molecular flexibility index (Phi) is 5.12. The quantitative estimate of drug-likeness (QED) is 0.469. The van der Waals surface area contributed by atoms with E-state index in [1.165, 1.54) is 6.08 Å². The predicted octanol–water partition coefficient (Wildman–Crippen LogP) is 6.08. The number of fused-ring (bicyclic) bond motifs is 1. The summed E-state index contributed by atoms with van der Waals surface area (Å²) >= 11 is 11.9. The van der Waals surface area contributed by atoms with Gasteiger partial charge in [-0.3, -0.25) is 4.79 Å². The third kappa shape index (κ3) is 3.79. The lowest BCUT2D eigenvalue weighted by molar-refractivity contribution is 0.103. The van der Waals surface area contributed by atoms with Gasteiger partial charge < -0.3 is 9.47 Å². The second-order valence-electron chi connectivity index (χ2n) is 6.47. The summed E-state index contributed by atoms with van der Waals surface area (Å²) in [6.45, 7) is 3.87. The molecule has 0 amide bonds. The number of methoxy groups -OCH3 is 1. The molecule has 0 saturated carbocycles. The molecule has 3 rings (SSSR count). The monoisotopic (exact) mass is 388 g/mol. The van der Waals surface area contributed by atoms with E-state index in [1.807, 2.05) is 26.0 Å². The third-order valence-corrected chi connectivity index (χ3v) is 4.77. The van der Waals surface area contributed by atoms with Crippen LogP contribution in [0.3, 0.4) is 0 Å². The van der Waals surface area contributed by atoms with Crippen LogP contribution in [0.1, 0.15) is 35.3 Å². The average molecular weight is 389 g/mol. The van der Waals surface area contributed by atoms with E-state index in [1.54, 1.807) is 43.5 Å². The van der Waals surface area contributed by atoms with Gasteiger partial charge in [-0.05, 0) is 61.9 Å². The zero-order chi connectivity index (χ0) is 18.9. The fourth-order valence-electron chi connectivity index (χ4n) is 2.68. The van der Waals surface area contributed by atoms with Crippen LogP contribution in [0.25, 0.3) is 12.2 Å². The minimum Gasteiger partial charge on any atom is -0.496 e. The number of ether oxygens (including phenoxy) is 2. The van der Waals surface area contributed by atoms with Gasteiger partial charge in [0.15, 0.2) is 5.78 Å². The lowest BCUT2D eigenvalue weighted by Crippen LogP contribution is -2.28. The Morgan fingerprint density at radius 1 is 1.15 bits per heavy atom. The fraction of sp³-hybridized carbons (Fsp3) is 0.190. The van der Waals surface area contributed by atoms with Crippen molar-refractivity contribution in [1.29, 1.82) is 0 Å². The zero-order valence-electron chi connectivity index (χ0n) is 14.7. The topological polar surface area (TPSA) is 35.5 Å². The number of halogens is 2. The first-order chi connectivity index (χ1) is 12.3. The predicted molar refractivity (Wildman–Crippen MR) is 107 cm³/mol. The SMILES string of the molecule is COc1ccc(C(=O)/C=C/c2ccc(Cl)c(Cl)c2)c2c1C=CC(C)(C)O2. The molecule has 0 radical (unpaired) electrons. The van der Waals surface area contributed by atoms with Crippen molar-refractivity contribution >= 4 is 41.1 Å². The zero-order valence-corrected chi connectivity index (χ0v) is 16.2. The maximum absolute atomic E-state index is 12.8. The van der Waals surface area contributed by atoms with Crippen LogP contribution in [0, 0.1) is 0 Å². The Hall–Kier alpha value is -2.23. The lowest BCUT2D eigenvalue weighted by Gasteiger charge is -2.29. The Morgan fingerprint density at radius 2 is 1.92 bits per heavy atom. The summed E-state index contributed by atoms with van der Waals surface area (Å²) in [5.74, 6) is 1.03. The highest BCUT2D eigenvalue weighted by Gasteiger charge is 2.27. The smallest absolute Gasteiger partial charge is 0.189 e. The number of rotatable bonds is 4. The normalized spacial score (nSPS) is 14.8. The molecule has 0 saturated heterocycles. The third-order valence-electron chi connectivity index (χ3n) is 4.03. The van der Waals surface area contributed by atoms with E-state index < -0.39 is 5.60 Å². The van der Waals surface area contributed by atoms with Crippen LogP contribution in [0.2, 0.25) is 10.0 Å². The number of hydrogen-bond acceptors (Lipinski definition) is 3. The molecule has 1 aliphatic heterocycles. The fourth-order valence-corrected chi connectivity index (χ4v) is 2.99. The molecule has 1 aliphatic rings. The van der Waals surface area contributed by atoms with E-state index in [4.69, 9.17) is 32.7 Å². The maximum Gasteiger partial charge on any atom is 0.189 e. The Bertz CT molecular complexity index is 927. The van der Waals surface area contributed by atoms with Gasteiger partial charge in [-0.25, -0.2) is 0 Å². The molecule has 2 aromatic rings. The van der Waals surface area contributed by atoms with Crippen molar-refractivity contribution in [2.75, 3.05) is 7.11 Å². The van der Waals surface area contributed by atoms with Crippen molar-refractivity contribution in [2.45, 2.75) is 19.4 Å². The second-order valence-corrected chi connectivity index (χ2v) is 7.28. The van der Waals surface area contributed by atoms with Gasteiger partial charge >= 0.3 is 0 Å². The van der Waals surface area contributed by atoms with Gasteiger partial charge in [-0.15, -0.1) is 0 Å². The van der Waals surface area contributed by atoms with Gasteiger partial charge in [0.05, 0.1) is 28.3 Å². The summed E-state index contributed by atoms with van der Waals surface area (Å²) in [4.78, 5) is 12.8. The van der Waals surface area contributed by atoms with Crippen LogP contribution in [0.15, 0.2) is 42.5 Å². The Morgan fingerprint density at radius 3 is 2.62 bits per heavy atom. The standard InChI is InChI=1S/C21H18Cl2O3/c1-21(2)11-10-15-19(25-3)9-6-14(20(15)26-21)18(24)8-5-13-4-7-16(22)17(23)12-13/h4-12H,1-3H3/b8-5+. The molecule has 0 aromatic heterocycles. The molecule has 0 fully saturated rings. The summed E-state index contributed by atoms with van der Waals surface area (Å²) in [5.41, 5.74) is 1.54. The second kappa shape index (κ2) is 7.18. The Labute approximate surface area is 162 Å². The minimum absolute atomic E-state index is 0.166. The summed E-state index contributed by atoms with van der Waals surface area (Å²) in [6, 6.07) is 8.68. The summed E-state index contributed by atoms with van der Waals surface area (Å²) in [5, 5.41) is 0.917. The molecular formula is C21H18Cl2O3. The van der Waals surface area contributed by atoms with Gasteiger partial charge in [0, 0.05) is 0 Å². The first kappa shape index (κ1) is 18.6. The number of ketones is 1. The van der Waals surface area contributed by atoms with Crippen LogP contribution >= 0.6 is 23.2 Å². The molecule has 5 heteroatoms. The van der Waals surface area contributed by atoms with E-state index in [0.717, 1.165) is 11.1 Å². The van der Waals surface area contributed by atoms with Gasteiger partial charge in [-0.1, -0.05) is 35.3 Å². The highest BCUT2D eigenvalue weighted by molar-refractivity contribution is 6.42. The van der Waals surface area contributed by atoms with Gasteiger partial charge in [-0.2, -0.15) is 0 Å². The van der Waals surface area contributed by atoms with Crippen LogP contribution in [-0.4, -0.2) is 18.5 Å². The number of carbonyl (C=O) groups is 1. The van der Waals surface area contributed by atoms with Gasteiger partial charge in [0.25, 0.3) is 0 Å². The van der Waals surface area contributed by atoms with Crippen molar-refractivity contribution in [1.82, 2.24) is 0 Å². The molecular weight excluding hydrogens is 371 g/mol. The molecule has 0 atom stereocenters.